The van der Waals surface area contributed by atoms with Crippen molar-refractivity contribution in [1.82, 2.24) is 0 Å². The van der Waals surface area contributed by atoms with Crippen LogP contribution in [0, 0.1) is 10.1 Å². The summed E-state index contributed by atoms with van der Waals surface area (Å²) in [4.78, 5) is 26.1. The number of hydrogen-bond acceptors (Lipinski definition) is 6. The summed E-state index contributed by atoms with van der Waals surface area (Å²) >= 11 is 12.3. The third-order valence-electron chi connectivity index (χ3n) is 3.32. The van der Waals surface area contributed by atoms with Crippen molar-refractivity contribution in [2.24, 2.45) is 0 Å². The molecule has 0 radical (unpaired) electrons. The van der Waals surface area contributed by atoms with Crippen LogP contribution < -0.4 is 5.32 Å². The first-order chi connectivity index (χ1) is 13.5. The minimum Gasteiger partial charge on any atom is -0.465 e. The van der Waals surface area contributed by atoms with Gasteiger partial charge in [0.05, 0.1) is 35.4 Å². The number of ether oxygens (including phenoxy) is 1. The van der Waals surface area contributed by atoms with E-state index in [1.807, 2.05) is 19.9 Å². The number of rotatable bonds is 9. The Morgan fingerprint density at radius 1 is 1.07 bits per heavy atom. The van der Waals surface area contributed by atoms with E-state index in [1.165, 1.54) is 0 Å². The van der Waals surface area contributed by atoms with E-state index >= 15 is 0 Å². The van der Waals surface area contributed by atoms with Crippen molar-refractivity contribution >= 4 is 40.5 Å². The molecule has 0 atom stereocenters. The van der Waals surface area contributed by atoms with Gasteiger partial charge in [0, 0.05) is 12.1 Å². The lowest BCUT2D eigenvalue weighted by Crippen LogP contribution is -2.12. The Morgan fingerprint density at radius 3 is 2.36 bits per heavy atom. The van der Waals surface area contributed by atoms with Crippen molar-refractivity contribution in [3.8, 4) is 0 Å². The van der Waals surface area contributed by atoms with E-state index in [9.17, 15) is 14.9 Å². The molecule has 0 amide bonds. The summed E-state index contributed by atoms with van der Waals surface area (Å²) in [6.07, 6.45) is 0.267. The third kappa shape index (κ3) is 8.02. The van der Waals surface area contributed by atoms with Crippen LogP contribution in [0.2, 0.25) is 10.0 Å². The Hall–Kier alpha value is -2.51. The maximum absolute atomic E-state index is 12.0. The minimum absolute atomic E-state index is 0.0291. The molecule has 9 heteroatoms. The van der Waals surface area contributed by atoms with E-state index in [-0.39, 0.29) is 26.1 Å². The predicted octanol–water partition coefficient (Wildman–Crippen LogP) is 5.45. The summed E-state index contributed by atoms with van der Waals surface area (Å²) in [5, 5.41) is 13.2. The first-order valence-electron chi connectivity index (χ1n) is 8.69. The first kappa shape index (κ1) is 23.5. The summed E-state index contributed by atoms with van der Waals surface area (Å²) < 4.78 is 5.06. The van der Waals surface area contributed by atoms with Gasteiger partial charge in [-0.3, -0.25) is 4.79 Å². The topological polar surface area (TPSA) is 90.7 Å². The molecule has 2 rings (SSSR count). The highest BCUT2D eigenvalue weighted by Gasteiger charge is 2.12. The zero-order valence-electron chi connectivity index (χ0n) is 15.6. The number of carbonyl (C=O) groups excluding carboxylic acids is 1. The standard InChI is InChI=1S/C17H16Cl2N2O5.C2H6/c18-13-6-3-7-14(19)17(13)20-15-8-2-1-5-12(15)11-16(22)25-9-4-10-26-21(23)24;1-2/h1-3,5-8,20H,4,9-11H2;1-2H3. The number of esters is 1. The summed E-state index contributed by atoms with van der Waals surface area (Å²) in [5.41, 5.74) is 1.93. The lowest BCUT2D eigenvalue weighted by molar-refractivity contribution is -0.757. The average molecular weight is 429 g/mol. The van der Waals surface area contributed by atoms with Crippen LogP contribution in [0.1, 0.15) is 25.8 Å². The van der Waals surface area contributed by atoms with Crippen molar-refractivity contribution in [2.45, 2.75) is 26.7 Å². The van der Waals surface area contributed by atoms with E-state index in [2.05, 4.69) is 10.2 Å². The van der Waals surface area contributed by atoms with Gasteiger partial charge in [0.15, 0.2) is 0 Å². The maximum atomic E-state index is 12.0. The van der Waals surface area contributed by atoms with Crippen LogP contribution in [-0.2, 0) is 20.8 Å². The van der Waals surface area contributed by atoms with Crippen LogP contribution in [0.5, 0.6) is 0 Å². The summed E-state index contributed by atoms with van der Waals surface area (Å²) in [6.45, 7) is 3.92. The van der Waals surface area contributed by atoms with Gasteiger partial charge in [0.1, 0.15) is 0 Å². The number of halogens is 2. The van der Waals surface area contributed by atoms with Gasteiger partial charge in [-0.25, -0.2) is 0 Å². The summed E-state index contributed by atoms with van der Waals surface area (Å²) in [5.74, 6) is -0.453. The highest BCUT2D eigenvalue weighted by molar-refractivity contribution is 6.39. The fraction of sp³-hybridized carbons (Fsp3) is 0.316. The molecule has 152 valence electrons. The molecule has 0 aliphatic carbocycles. The molecule has 7 nitrogen and oxygen atoms in total. The molecule has 2 aromatic rings. The lowest BCUT2D eigenvalue weighted by Gasteiger charge is -2.14. The van der Waals surface area contributed by atoms with E-state index < -0.39 is 11.1 Å². The predicted molar refractivity (Wildman–Crippen MR) is 110 cm³/mol. The van der Waals surface area contributed by atoms with Crippen molar-refractivity contribution in [1.29, 1.82) is 0 Å². The van der Waals surface area contributed by atoms with Crippen LogP contribution in [0.3, 0.4) is 0 Å². The van der Waals surface area contributed by atoms with Crippen molar-refractivity contribution in [3.05, 3.63) is 68.2 Å². The smallest absolute Gasteiger partial charge is 0.310 e. The SMILES string of the molecule is CC.O=C(Cc1ccccc1Nc1c(Cl)cccc1Cl)OCCCO[N+](=O)[O-]. The number of benzene rings is 2. The van der Waals surface area contributed by atoms with Gasteiger partial charge in [0.2, 0.25) is 0 Å². The maximum Gasteiger partial charge on any atom is 0.310 e. The first-order valence-corrected chi connectivity index (χ1v) is 9.45. The Balaban J connectivity index is 0.00000190. The Bertz CT molecular complexity index is 766. The largest absolute Gasteiger partial charge is 0.465 e. The molecule has 0 aliphatic rings. The molecule has 0 fully saturated rings. The van der Waals surface area contributed by atoms with Crippen molar-refractivity contribution in [3.63, 3.8) is 0 Å². The Morgan fingerprint density at radius 2 is 1.71 bits per heavy atom. The number of carbonyl (C=O) groups is 1. The van der Waals surface area contributed by atoms with Gasteiger partial charge >= 0.3 is 5.97 Å². The number of nitrogens with zero attached hydrogens (tertiary/aromatic N) is 1. The highest BCUT2D eigenvalue weighted by atomic mass is 35.5. The van der Waals surface area contributed by atoms with Crippen molar-refractivity contribution < 1.29 is 19.5 Å². The van der Waals surface area contributed by atoms with Gasteiger partial charge in [-0.15, -0.1) is 10.1 Å². The molecule has 1 N–H and O–H groups in total. The normalized spacial score (nSPS) is 9.71. The summed E-state index contributed by atoms with van der Waals surface area (Å²) in [6, 6.07) is 12.3. The van der Waals surface area contributed by atoms with Crippen LogP contribution >= 0.6 is 23.2 Å². The van der Waals surface area contributed by atoms with Crippen LogP contribution in [0.4, 0.5) is 11.4 Å². The molecule has 0 heterocycles. The number of para-hydroxylation sites is 2. The minimum atomic E-state index is -0.885. The van der Waals surface area contributed by atoms with E-state index in [1.54, 1.807) is 36.4 Å². The Kier molecular flexibility index (Phi) is 10.8. The van der Waals surface area contributed by atoms with Crippen LogP contribution in [-0.4, -0.2) is 24.3 Å². The Labute approximate surface area is 173 Å². The van der Waals surface area contributed by atoms with Gasteiger partial charge in [-0.1, -0.05) is 61.3 Å². The molecule has 0 spiro atoms. The molecule has 0 unspecified atom stereocenters. The molecule has 0 aliphatic heterocycles. The van der Waals surface area contributed by atoms with Gasteiger partial charge < -0.3 is 14.9 Å². The third-order valence-corrected chi connectivity index (χ3v) is 3.95. The number of anilines is 2. The quantitative estimate of drug-likeness (QED) is 0.247. The molecule has 0 saturated carbocycles. The molecule has 0 aromatic heterocycles. The fourth-order valence-electron chi connectivity index (χ4n) is 2.14. The lowest BCUT2D eigenvalue weighted by atomic mass is 10.1. The monoisotopic (exact) mass is 428 g/mol. The second-order valence-electron chi connectivity index (χ2n) is 5.19. The highest BCUT2D eigenvalue weighted by Crippen LogP contribution is 2.33. The van der Waals surface area contributed by atoms with Gasteiger partial charge in [-0.05, 0) is 23.8 Å². The second kappa shape index (κ2) is 12.8. The van der Waals surface area contributed by atoms with Gasteiger partial charge in [-0.2, -0.15) is 0 Å². The molecular weight excluding hydrogens is 407 g/mol. The number of hydrogen-bond donors (Lipinski definition) is 1. The van der Waals surface area contributed by atoms with E-state index in [4.69, 9.17) is 27.9 Å². The van der Waals surface area contributed by atoms with Crippen LogP contribution in [0.25, 0.3) is 0 Å². The van der Waals surface area contributed by atoms with Gasteiger partial charge in [0.25, 0.3) is 5.09 Å². The molecule has 2 aromatic carbocycles. The number of nitrogens with one attached hydrogen (secondary N) is 1. The molecule has 28 heavy (non-hydrogen) atoms. The zero-order chi connectivity index (χ0) is 20.9. The van der Waals surface area contributed by atoms with Crippen molar-refractivity contribution in [2.75, 3.05) is 18.5 Å². The summed E-state index contributed by atoms with van der Waals surface area (Å²) in [7, 11) is 0. The molecule has 0 saturated heterocycles. The zero-order valence-corrected chi connectivity index (χ0v) is 17.1. The second-order valence-corrected chi connectivity index (χ2v) is 6.00. The fourth-order valence-corrected chi connectivity index (χ4v) is 2.63. The van der Waals surface area contributed by atoms with Crippen LogP contribution in [0.15, 0.2) is 42.5 Å². The average Bonchev–Trinajstić information content (AvgIpc) is 2.67. The van der Waals surface area contributed by atoms with E-state index in [0.717, 1.165) is 0 Å². The molecular formula is C19H22Cl2N2O5. The molecule has 0 bridgehead atoms. The van der Waals surface area contributed by atoms with E-state index in [0.29, 0.717) is 27.0 Å².